The standard InChI is InChI=1S/C62H41NO/c1-61(2)50-25-12-8-21-43(50)47-33-31-39(36-54(47)61)58-42-20-7-6-17-38(42)35-49-59-56(29-16-30-57(59)64-60(49)58)63(40-18-4-3-5-19-40)41-32-34-48-46-24-11-15-28-53(46)62(55(48)37-41)51-26-13-9-22-44(51)45-23-10-14-27-52(45)62/h3-37H,1-2H3. The third-order valence-electron chi connectivity index (χ3n) is 14.9. The van der Waals surface area contributed by atoms with E-state index in [2.05, 4.69) is 231 Å². The second kappa shape index (κ2) is 12.8. The molecule has 1 spiro atoms. The highest BCUT2D eigenvalue weighted by atomic mass is 16.3. The molecule has 10 aromatic carbocycles. The average Bonchev–Trinajstić information content (AvgIpc) is 4.03. The average molecular weight is 816 g/mol. The summed E-state index contributed by atoms with van der Waals surface area (Å²) in [6.07, 6.45) is 0. The quantitative estimate of drug-likeness (QED) is 0.176. The molecule has 0 N–H and O–H groups in total. The molecule has 3 aliphatic rings. The molecular weight excluding hydrogens is 775 g/mol. The van der Waals surface area contributed by atoms with E-state index < -0.39 is 5.41 Å². The zero-order valence-corrected chi connectivity index (χ0v) is 35.6. The maximum absolute atomic E-state index is 7.19. The number of rotatable bonds is 4. The zero-order chi connectivity index (χ0) is 42.3. The van der Waals surface area contributed by atoms with Crippen molar-refractivity contribution >= 4 is 49.8 Å². The minimum absolute atomic E-state index is 0.124. The first kappa shape index (κ1) is 35.6. The number of nitrogens with zero attached hydrogens (tertiary/aromatic N) is 1. The Labute approximate surface area is 372 Å². The van der Waals surface area contributed by atoms with Crippen molar-refractivity contribution in [2.75, 3.05) is 4.90 Å². The molecule has 300 valence electrons. The van der Waals surface area contributed by atoms with Gasteiger partial charge in [-0.15, -0.1) is 0 Å². The van der Waals surface area contributed by atoms with Crippen molar-refractivity contribution in [3.63, 3.8) is 0 Å². The normalized spacial score (nSPS) is 14.3. The largest absolute Gasteiger partial charge is 0.455 e. The molecule has 0 radical (unpaired) electrons. The molecule has 11 aromatic rings. The van der Waals surface area contributed by atoms with Crippen LogP contribution in [0.25, 0.3) is 77.2 Å². The van der Waals surface area contributed by atoms with Gasteiger partial charge in [0.25, 0.3) is 0 Å². The van der Waals surface area contributed by atoms with E-state index in [9.17, 15) is 0 Å². The minimum Gasteiger partial charge on any atom is -0.455 e. The number of anilines is 3. The van der Waals surface area contributed by atoms with Crippen LogP contribution in [0.15, 0.2) is 217 Å². The Morgan fingerprint density at radius 2 is 0.953 bits per heavy atom. The Hall–Kier alpha value is -7.94. The Morgan fingerprint density at radius 3 is 1.66 bits per heavy atom. The van der Waals surface area contributed by atoms with Gasteiger partial charge < -0.3 is 9.32 Å². The number of hydrogen-bond donors (Lipinski definition) is 0. The topological polar surface area (TPSA) is 16.4 Å². The molecule has 0 unspecified atom stereocenters. The van der Waals surface area contributed by atoms with Crippen LogP contribution in [0.5, 0.6) is 0 Å². The molecule has 0 amide bonds. The first-order chi connectivity index (χ1) is 31.5. The lowest BCUT2D eigenvalue weighted by Gasteiger charge is -2.32. The Kier molecular flexibility index (Phi) is 7.13. The molecule has 64 heavy (non-hydrogen) atoms. The highest BCUT2D eigenvalue weighted by Gasteiger charge is 2.51. The number of furan rings is 1. The van der Waals surface area contributed by atoms with Gasteiger partial charge in [-0.05, 0) is 132 Å². The number of benzene rings is 10. The number of para-hydroxylation sites is 1. The smallest absolute Gasteiger partial charge is 0.143 e. The van der Waals surface area contributed by atoms with Crippen molar-refractivity contribution in [3.05, 3.63) is 246 Å². The molecule has 2 heteroatoms. The molecule has 3 aliphatic carbocycles. The van der Waals surface area contributed by atoms with Crippen molar-refractivity contribution in [3.8, 4) is 44.5 Å². The molecule has 0 fully saturated rings. The molecule has 1 aromatic heterocycles. The highest BCUT2D eigenvalue weighted by molar-refractivity contribution is 6.22. The van der Waals surface area contributed by atoms with E-state index in [4.69, 9.17) is 4.42 Å². The van der Waals surface area contributed by atoms with E-state index in [-0.39, 0.29) is 5.41 Å². The molecule has 0 saturated carbocycles. The Bertz CT molecular complexity index is 3710. The summed E-state index contributed by atoms with van der Waals surface area (Å²) in [4.78, 5) is 2.45. The molecule has 0 atom stereocenters. The van der Waals surface area contributed by atoms with E-state index in [0.29, 0.717) is 0 Å². The molecule has 1 heterocycles. The van der Waals surface area contributed by atoms with Crippen molar-refractivity contribution in [1.82, 2.24) is 0 Å². The molecule has 0 aliphatic heterocycles. The predicted molar refractivity (Wildman–Crippen MR) is 265 cm³/mol. The fourth-order valence-corrected chi connectivity index (χ4v) is 12.2. The van der Waals surface area contributed by atoms with Crippen LogP contribution in [-0.2, 0) is 10.8 Å². The lowest BCUT2D eigenvalue weighted by Crippen LogP contribution is -2.26. The van der Waals surface area contributed by atoms with E-state index in [1.54, 1.807) is 0 Å². The number of fused-ring (bicyclic) bond motifs is 17. The summed E-state index contributed by atoms with van der Waals surface area (Å²) in [6.45, 7) is 4.71. The maximum Gasteiger partial charge on any atom is 0.143 e. The summed E-state index contributed by atoms with van der Waals surface area (Å²) >= 11 is 0. The summed E-state index contributed by atoms with van der Waals surface area (Å²) in [5.74, 6) is 0. The van der Waals surface area contributed by atoms with Gasteiger partial charge >= 0.3 is 0 Å². The second-order valence-corrected chi connectivity index (χ2v) is 18.3. The summed E-state index contributed by atoms with van der Waals surface area (Å²) < 4.78 is 7.19. The first-order valence-corrected chi connectivity index (χ1v) is 22.4. The second-order valence-electron chi connectivity index (χ2n) is 18.3. The fraction of sp³-hybridized carbons (Fsp3) is 0.0645. The van der Waals surface area contributed by atoms with Gasteiger partial charge in [0, 0.05) is 27.7 Å². The van der Waals surface area contributed by atoms with Gasteiger partial charge in [0.15, 0.2) is 0 Å². The molecule has 0 saturated heterocycles. The van der Waals surface area contributed by atoms with Gasteiger partial charge in [-0.2, -0.15) is 0 Å². The van der Waals surface area contributed by atoms with Crippen molar-refractivity contribution in [2.24, 2.45) is 0 Å². The van der Waals surface area contributed by atoms with Crippen LogP contribution >= 0.6 is 0 Å². The Balaban J connectivity index is 1.03. The first-order valence-electron chi connectivity index (χ1n) is 22.4. The SMILES string of the molecule is CC1(C)c2ccccc2-c2ccc(-c3c4ccccc4cc4c3oc3cccc(N(c5ccccc5)c5ccc6c(c5)C5(c7ccccc7-c7ccccc75)c5ccccc5-6)c34)cc21. The van der Waals surface area contributed by atoms with Crippen LogP contribution < -0.4 is 4.90 Å². The summed E-state index contributed by atoms with van der Waals surface area (Å²) in [5, 5.41) is 4.57. The van der Waals surface area contributed by atoms with Gasteiger partial charge in [0.1, 0.15) is 11.2 Å². The van der Waals surface area contributed by atoms with Crippen molar-refractivity contribution < 1.29 is 4.42 Å². The third-order valence-corrected chi connectivity index (χ3v) is 14.9. The van der Waals surface area contributed by atoms with E-state index in [1.165, 1.54) is 83.1 Å². The molecule has 2 nitrogen and oxygen atoms in total. The van der Waals surface area contributed by atoms with Gasteiger partial charge in [-0.25, -0.2) is 0 Å². The maximum atomic E-state index is 7.19. The summed E-state index contributed by atoms with van der Waals surface area (Å²) in [5.41, 5.74) is 22.6. The van der Waals surface area contributed by atoms with Crippen molar-refractivity contribution in [2.45, 2.75) is 24.7 Å². The number of hydrogen-bond acceptors (Lipinski definition) is 2. The predicted octanol–water partition coefficient (Wildman–Crippen LogP) is 16.5. The van der Waals surface area contributed by atoms with Crippen molar-refractivity contribution in [1.29, 1.82) is 0 Å². The van der Waals surface area contributed by atoms with Gasteiger partial charge in [0.05, 0.1) is 16.5 Å². The van der Waals surface area contributed by atoms with E-state index in [1.807, 2.05) is 0 Å². The van der Waals surface area contributed by atoms with Crippen LogP contribution in [0.3, 0.4) is 0 Å². The molecular formula is C62H41NO. The molecule has 14 rings (SSSR count). The Morgan fingerprint density at radius 1 is 0.391 bits per heavy atom. The zero-order valence-electron chi connectivity index (χ0n) is 35.6. The minimum atomic E-state index is -0.453. The van der Waals surface area contributed by atoms with Gasteiger partial charge in [-0.3, -0.25) is 0 Å². The van der Waals surface area contributed by atoms with Gasteiger partial charge in [0.2, 0.25) is 0 Å². The monoisotopic (exact) mass is 815 g/mol. The lowest BCUT2D eigenvalue weighted by atomic mass is 9.70. The lowest BCUT2D eigenvalue weighted by molar-refractivity contribution is 0.660. The third kappa shape index (κ3) is 4.54. The summed E-state index contributed by atoms with van der Waals surface area (Å²) in [7, 11) is 0. The van der Waals surface area contributed by atoms with Gasteiger partial charge in [-0.1, -0.05) is 178 Å². The summed E-state index contributed by atoms with van der Waals surface area (Å²) in [6, 6.07) is 78.8. The van der Waals surface area contributed by atoms with Crippen LogP contribution in [0, 0.1) is 0 Å². The van der Waals surface area contributed by atoms with E-state index >= 15 is 0 Å². The van der Waals surface area contributed by atoms with E-state index in [0.717, 1.165) is 44.6 Å². The van der Waals surface area contributed by atoms with Crippen LogP contribution in [0.1, 0.15) is 47.2 Å². The molecule has 0 bridgehead atoms. The van der Waals surface area contributed by atoms with Crippen LogP contribution in [0.4, 0.5) is 17.1 Å². The van der Waals surface area contributed by atoms with Crippen LogP contribution in [0.2, 0.25) is 0 Å². The fourth-order valence-electron chi connectivity index (χ4n) is 12.2. The van der Waals surface area contributed by atoms with Crippen LogP contribution in [-0.4, -0.2) is 0 Å². The highest BCUT2D eigenvalue weighted by Crippen LogP contribution is 2.63.